The summed E-state index contributed by atoms with van der Waals surface area (Å²) in [5.74, 6) is 0.197. The molecule has 1 rings (SSSR count). The molecule has 0 aliphatic heterocycles. The van der Waals surface area contributed by atoms with Gasteiger partial charge < -0.3 is 5.11 Å². The summed E-state index contributed by atoms with van der Waals surface area (Å²) in [6.07, 6.45) is 0. The van der Waals surface area contributed by atoms with Gasteiger partial charge in [0.2, 0.25) is 0 Å². The molecule has 0 spiro atoms. The summed E-state index contributed by atoms with van der Waals surface area (Å²) >= 11 is 0. The lowest BCUT2D eigenvalue weighted by Crippen LogP contribution is -1.61. The Morgan fingerprint density at radius 2 is 1.78 bits per heavy atom. The van der Waals surface area contributed by atoms with E-state index in [4.69, 9.17) is 10.6 Å². The molecule has 0 bridgehead atoms. The van der Waals surface area contributed by atoms with E-state index >= 15 is 0 Å². The SMILES string of the molecule is N=Nc1ccc(O)cc1. The quantitative estimate of drug-likeness (QED) is 0.550. The van der Waals surface area contributed by atoms with Crippen LogP contribution in [0.15, 0.2) is 29.4 Å². The van der Waals surface area contributed by atoms with Crippen molar-refractivity contribution in [3.63, 3.8) is 0 Å². The highest BCUT2D eigenvalue weighted by Gasteiger charge is 1.86. The maximum Gasteiger partial charge on any atom is 0.115 e. The Hall–Kier alpha value is -1.38. The minimum absolute atomic E-state index is 0.197. The number of nitrogens with one attached hydrogen (secondary N) is 1. The molecule has 9 heavy (non-hydrogen) atoms. The van der Waals surface area contributed by atoms with Gasteiger partial charge in [-0.3, -0.25) is 0 Å². The molecule has 0 aliphatic carbocycles. The molecule has 1 aromatic carbocycles. The van der Waals surface area contributed by atoms with Crippen molar-refractivity contribution in [2.75, 3.05) is 0 Å². The second kappa shape index (κ2) is 2.26. The zero-order valence-corrected chi connectivity index (χ0v) is 4.70. The summed E-state index contributed by atoms with van der Waals surface area (Å²) in [5.41, 5.74) is 7.11. The minimum Gasteiger partial charge on any atom is -0.508 e. The third kappa shape index (κ3) is 1.25. The smallest absolute Gasteiger partial charge is 0.115 e. The van der Waals surface area contributed by atoms with Gasteiger partial charge in [0.1, 0.15) is 5.75 Å². The fourth-order valence-electron chi connectivity index (χ4n) is 0.527. The molecule has 0 saturated carbocycles. The molecule has 46 valence electrons. The maximum absolute atomic E-state index is 8.75. The summed E-state index contributed by atoms with van der Waals surface area (Å²) in [6.45, 7) is 0. The molecule has 0 unspecified atom stereocenters. The lowest BCUT2D eigenvalue weighted by molar-refractivity contribution is 0.475. The molecule has 0 amide bonds. The van der Waals surface area contributed by atoms with Crippen molar-refractivity contribution in [1.29, 1.82) is 5.53 Å². The van der Waals surface area contributed by atoms with Crippen molar-refractivity contribution in [1.82, 2.24) is 0 Å². The Bertz CT molecular complexity index is 205. The van der Waals surface area contributed by atoms with Crippen LogP contribution >= 0.6 is 0 Å². The first-order valence-corrected chi connectivity index (χ1v) is 2.49. The predicted octanol–water partition coefficient (Wildman–Crippen LogP) is 2.05. The average Bonchev–Trinajstić information content (AvgIpc) is 1.90. The highest BCUT2D eigenvalue weighted by Crippen LogP contribution is 2.15. The van der Waals surface area contributed by atoms with Gasteiger partial charge in [0.05, 0.1) is 5.69 Å². The van der Waals surface area contributed by atoms with Crippen LogP contribution in [0, 0.1) is 5.53 Å². The molecule has 3 nitrogen and oxygen atoms in total. The molecule has 0 saturated heterocycles. The van der Waals surface area contributed by atoms with Crippen LogP contribution in [0.3, 0.4) is 0 Å². The monoisotopic (exact) mass is 122 g/mol. The van der Waals surface area contributed by atoms with Gasteiger partial charge in [-0.05, 0) is 24.3 Å². The molecular formula is C6H6N2O. The molecular weight excluding hydrogens is 116 g/mol. The first-order chi connectivity index (χ1) is 4.33. The Labute approximate surface area is 52.5 Å². The van der Waals surface area contributed by atoms with Crippen LogP contribution in [-0.2, 0) is 0 Å². The summed E-state index contributed by atoms with van der Waals surface area (Å²) in [6, 6.07) is 6.13. The van der Waals surface area contributed by atoms with Crippen molar-refractivity contribution in [3.8, 4) is 5.75 Å². The van der Waals surface area contributed by atoms with Crippen molar-refractivity contribution in [2.24, 2.45) is 5.11 Å². The van der Waals surface area contributed by atoms with Crippen LogP contribution in [0.5, 0.6) is 5.75 Å². The van der Waals surface area contributed by atoms with Crippen molar-refractivity contribution in [3.05, 3.63) is 24.3 Å². The second-order valence-corrected chi connectivity index (χ2v) is 1.63. The van der Waals surface area contributed by atoms with Gasteiger partial charge in [-0.1, -0.05) is 0 Å². The Morgan fingerprint density at radius 3 is 2.22 bits per heavy atom. The lowest BCUT2D eigenvalue weighted by atomic mass is 10.3. The maximum atomic E-state index is 8.75. The number of phenolic OH excluding ortho intramolecular Hbond substituents is 1. The topological polar surface area (TPSA) is 56.4 Å². The minimum atomic E-state index is 0.197. The number of benzene rings is 1. The van der Waals surface area contributed by atoms with Gasteiger partial charge in [0, 0.05) is 0 Å². The second-order valence-electron chi connectivity index (χ2n) is 1.63. The Kier molecular flexibility index (Phi) is 1.44. The third-order valence-electron chi connectivity index (χ3n) is 0.979. The van der Waals surface area contributed by atoms with Crippen LogP contribution in [0.25, 0.3) is 0 Å². The van der Waals surface area contributed by atoms with E-state index in [1.807, 2.05) is 0 Å². The van der Waals surface area contributed by atoms with Crippen LogP contribution in [0.2, 0.25) is 0 Å². The van der Waals surface area contributed by atoms with Crippen molar-refractivity contribution in [2.45, 2.75) is 0 Å². The van der Waals surface area contributed by atoms with E-state index in [0.717, 1.165) is 0 Å². The van der Waals surface area contributed by atoms with Crippen molar-refractivity contribution < 1.29 is 5.11 Å². The van der Waals surface area contributed by atoms with E-state index in [9.17, 15) is 0 Å². The molecule has 3 heteroatoms. The Morgan fingerprint density at radius 1 is 1.22 bits per heavy atom. The molecule has 0 aromatic heterocycles. The molecule has 0 radical (unpaired) electrons. The van der Waals surface area contributed by atoms with Gasteiger partial charge in [0.15, 0.2) is 0 Å². The fraction of sp³-hybridized carbons (Fsp3) is 0. The van der Waals surface area contributed by atoms with E-state index < -0.39 is 0 Å². The number of phenols is 1. The zero-order chi connectivity index (χ0) is 6.69. The Balaban J connectivity index is 3.01. The first kappa shape index (κ1) is 5.75. The average molecular weight is 122 g/mol. The zero-order valence-electron chi connectivity index (χ0n) is 4.70. The van der Waals surface area contributed by atoms with Crippen LogP contribution in [0.1, 0.15) is 0 Å². The molecule has 0 fully saturated rings. The number of hydrogen-bond donors (Lipinski definition) is 2. The summed E-state index contributed by atoms with van der Waals surface area (Å²) < 4.78 is 0. The number of rotatable bonds is 1. The van der Waals surface area contributed by atoms with E-state index in [0.29, 0.717) is 5.69 Å². The number of nitrogens with zero attached hydrogens (tertiary/aromatic N) is 1. The van der Waals surface area contributed by atoms with Crippen LogP contribution < -0.4 is 0 Å². The normalized spacial score (nSPS) is 8.89. The summed E-state index contributed by atoms with van der Waals surface area (Å²) in [5, 5.41) is 11.9. The largest absolute Gasteiger partial charge is 0.508 e. The van der Waals surface area contributed by atoms with E-state index in [2.05, 4.69) is 5.11 Å². The molecule has 0 heterocycles. The number of hydrogen-bond acceptors (Lipinski definition) is 3. The lowest BCUT2D eigenvalue weighted by Gasteiger charge is -1.89. The van der Waals surface area contributed by atoms with Gasteiger partial charge >= 0.3 is 0 Å². The van der Waals surface area contributed by atoms with E-state index in [-0.39, 0.29) is 5.75 Å². The highest BCUT2D eigenvalue weighted by atomic mass is 16.3. The third-order valence-corrected chi connectivity index (χ3v) is 0.979. The van der Waals surface area contributed by atoms with E-state index in [1.165, 1.54) is 12.1 Å². The number of aromatic hydroxyl groups is 1. The molecule has 1 aromatic rings. The van der Waals surface area contributed by atoms with Gasteiger partial charge in [-0.2, -0.15) is 5.11 Å². The van der Waals surface area contributed by atoms with Crippen molar-refractivity contribution >= 4 is 5.69 Å². The van der Waals surface area contributed by atoms with E-state index in [1.54, 1.807) is 12.1 Å². The highest BCUT2D eigenvalue weighted by molar-refractivity contribution is 5.39. The fourth-order valence-corrected chi connectivity index (χ4v) is 0.527. The molecule has 0 atom stereocenters. The van der Waals surface area contributed by atoms with Gasteiger partial charge in [0.25, 0.3) is 0 Å². The van der Waals surface area contributed by atoms with Crippen LogP contribution in [-0.4, -0.2) is 5.11 Å². The van der Waals surface area contributed by atoms with Gasteiger partial charge in [-0.25, -0.2) is 5.53 Å². The first-order valence-electron chi connectivity index (χ1n) is 2.49. The molecule has 0 aliphatic rings. The van der Waals surface area contributed by atoms with Crippen LogP contribution in [0.4, 0.5) is 5.69 Å². The van der Waals surface area contributed by atoms with Gasteiger partial charge in [-0.15, -0.1) is 0 Å². The standard InChI is InChI=1S/C6H6N2O/c7-8-5-1-3-6(9)4-2-5/h1-4,7,9H. The molecule has 2 N–H and O–H groups in total. The summed E-state index contributed by atoms with van der Waals surface area (Å²) in [7, 11) is 0. The summed E-state index contributed by atoms with van der Waals surface area (Å²) in [4.78, 5) is 0. The predicted molar refractivity (Wildman–Crippen MR) is 32.9 cm³/mol.